The van der Waals surface area contributed by atoms with Crippen molar-refractivity contribution in [2.24, 2.45) is 0 Å². The molecule has 2 aromatic rings. The topological polar surface area (TPSA) is 49.7 Å². The number of hydrogen-bond donors (Lipinski definition) is 0. The Labute approximate surface area is 141 Å². The highest BCUT2D eigenvalue weighted by Crippen LogP contribution is 2.26. The molecule has 0 saturated carbocycles. The molecule has 24 heavy (non-hydrogen) atoms. The van der Waals surface area contributed by atoms with Crippen molar-refractivity contribution < 1.29 is 19.0 Å². The number of rotatable bonds is 6. The Morgan fingerprint density at radius 1 is 1.33 bits per heavy atom. The molecule has 0 bridgehead atoms. The minimum Gasteiger partial charge on any atom is -0.466 e. The molecule has 3 rings (SSSR count). The van der Waals surface area contributed by atoms with Gasteiger partial charge in [0, 0.05) is 41.7 Å². The smallest absolute Gasteiger partial charge is 0.330 e. The van der Waals surface area contributed by atoms with E-state index >= 15 is 0 Å². The van der Waals surface area contributed by atoms with E-state index in [1.165, 1.54) is 13.2 Å². The number of benzene rings is 1. The van der Waals surface area contributed by atoms with Crippen molar-refractivity contribution in [1.29, 1.82) is 0 Å². The van der Waals surface area contributed by atoms with E-state index in [1.54, 1.807) is 6.08 Å². The number of fused-ring (bicyclic) bond motifs is 1. The molecule has 1 aliphatic heterocycles. The van der Waals surface area contributed by atoms with Gasteiger partial charge in [-0.1, -0.05) is 18.2 Å². The average molecular weight is 329 g/mol. The van der Waals surface area contributed by atoms with Crippen LogP contribution in [-0.2, 0) is 25.5 Å². The lowest BCUT2D eigenvalue weighted by atomic mass is 10.1. The van der Waals surface area contributed by atoms with Crippen LogP contribution in [0.15, 0.2) is 36.5 Å². The summed E-state index contributed by atoms with van der Waals surface area (Å²) in [6.45, 7) is 4.21. The first-order valence-electron chi connectivity index (χ1n) is 8.23. The Balaban J connectivity index is 1.75. The molecule has 5 nitrogen and oxygen atoms in total. The van der Waals surface area contributed by atoms with Gasteiger partial charge in [-0.2, -0.15) is 0 Å². The fraction of sp³-hybridized carbons (Fsp3) is 0.421. The van der Waals surface area contributed by atoms with Crippen molar-refractivity contribution in [1.82, 2.24) is 4.57 Å². The molecule has 1 fully saturated rings. The molecule has 0 N–H and O–H groups in total. The number of methoxy groups -OCH3 is 1. The Bertz CT molecular complexity index is 741. The molecule has 0 spiro atoms. The molecule has 0 amide bonds. The van der Waals surface area contributed by atoms with Gasteiger partial charge in [0.05, 0.1) is 20.3 Å². The van der Waals surface area contributed by atoms with Crippen LogP contribution in [0.5, 0.6) is 0 Å². The van der Waals surface area contributed by atoms with Crippen molar-refractivity contribution in [3.8, 4) is 0 Å². The van der Waals surface area contributed by atoms with Crippen molar-refractivity contribution in [2.45, 2.75) is 32.1 Å². The minimum atomic E-state index is -0.448. The molecule has 2 heterocycles. The number of carbonyl (C=O) groups is 1. The molecular weight excluding hydrogens is 306 g/mol. The van der Waals surface area contributed by atoms with Crippen LogP contribution in [0.3, 0.4) is 0 Å². The molecule has 0 unspecified atom stereocenters. The first-order chi connectivity index (χ1) is 11.6. The number of esters is 1. The molecular formula is C19H23NO4. The van der Waals surface area contributed by atoms with Crippen molar-refractivity contribution in [3.05, 3.63) is 42.1 Å². The lowest BCUT2D eigenvalue weighted by molar-refractivity contribution is -0.147. The summed E-state index contributed by atoms with van der Waals surface area (Å²) >= 11 is 0. The van der Waals surface area contributed by atoms with Crippen LogP contribution < -0.4 is 0 Å². The average Bonchev–Trinajstić information content (AvgIpc) is 3.17. The van der Waals surface area contributed by atoms with E-state index in [0.29, 0.717) is 13.2 Å². The Hall–Kier alpha value is -2.11. The van der Waals surface area contributed by atoms with Crippen LogP contribution in [-0.4, -0.2) is 36.6 Å². The molecule has 1 aromatic heterocycles. The molecule has 0 radical (unpaired) electrons. The van der Waals surface area contributed by atoms with Gasteiger partial charge in [0.1, 0.15) is 0 Å². The summed E-state index contributed by atoms with van der Waals surface area (Å²) in [6.07, 6.45) is 7.13. The van der Waals surface area contributed by atoms with E-state index in [9.17, 15) is 4.79 Å². The quantitative estimate of drug-likeness (QED) is 0.602. The van der Waals surface area contributed by atoms with Gasteiger partial charge in [0.25, 0.3) is 0 Å². The maximum absolute atomic E-state index is 11.3. The van der Waals surface area contributed by atoms with Gasteiger partial charge in [-0.25, -0.2) is 4.79 Å². The number of hydrogen-bond acceptors (Lipinski definition) is 4. The summed E-state index contributed by atoms with van der Waals surface area (Å²) in [5.74, 6) is -0.799. The van der Waals surface area contributed by atoms with Crippen LogP contribution in [0.4, 0.5) is 0 Å². The second kappa shape index (κ2) is 7.20. The molecule has 0 aliphatic carbocycles. The van der Waals surface area contributed by atoms with Crippen molar-refractivity contribution >= 4 is 22.9 Å². The van der Waals surface area contributed by atoms with Crippen LogP contribution in [0.25, 0.3) is 17.0 Å². The number of carbonyl (C=O) groups excluding carboxylic acids is 1. The highest BCUT2D eigenvalue weighted by Gasteiger charge is 2.30. The van der Waals surface area contributed by atoms with Gasteiger partial charge in [-0.15, -0.1) is 0 Å². The summed E-state index contributed by atoms with van der Waals surface area (Å²) in [6, 6.07) is 8.18. The van der Waals surface area contributed by atoms with E-state index in [4.69, 9.17) is 9.47 Å². The van der Waals surface area contributed by atoms with Gasteiger partial charge in [0.15, 0.2) is 5.79 Å². The molecule has 0 atom stereocenters. The Morgan fingerprint density at radius 2 is 2.08 bits per heavy atom. The summed E-state index contributed by atoms with van der Waals surface area (Å²) in [5, 5.41) is 1.12. The normalized spacial score (nSPS) is 16.9. The lowest BCUT2D eigenvalue weighted by Crippen LogP contribution is -2.25. The Kier molecular flexibility index (Phi) is 5.02. The second-order valence-electron chi connectivity index (χ2n) is 6.09. The van der Waals surface area contributed by atoms with Gasteiger partial charge in [-0.3, -0.25) is 0 Å². The minimum absolute atomic E-state index is 0.352. The standard InChI is InChI=1S/C19H23NO4/c1-19(23-12-13-24-19)10-5-11-20-14-15(8-9-18(21)22-2)16-6-3-4-7-17(16)20/h3-4,6-9,14H,5,10-13H2,1-2H3. The van der Waals surface area contributed by atoms with Crippen molar-refractivity contribution in [3.63, 3.8) is 0 Å². The fourth-order valence-corrected chi connectivity index (χ4v) is 3.09. The number of ether oxygens (including phenoxy) is 3. The van der Waals surface area contributed by atoms with E-state index in [-0.39, 0.29) is 5.97 Å². The third-order valence-corrected chi connectivity index (χ3v) is 4.35. The zero-order valence-corrected chi connectivity index (χ0v) is 14.2. The summed E-state index contributed by atoms with van der Waals surface area (Å²) in [5.41, 5.74) is 2.16. The lowest BCUT2D eigenvalue weighted by Gasteiger charge is -2.22. The van der Waals surface area contributed by atoms with Gasteiger partial charge < -0.3 is 18.8 Å². The highest BCUT2D eigenvalue weighted by molar-refractivity contribution is 5.94. The van der Waals surface area contributed by atoms with Gasteiger partial charge in [0.2, 0.25) is 0 Å². The molecule has 1 aliphatic rings. The maximum Gasteiger partial charge on any atom is 0.330 e. The van der Waals surface area contributed by atoms with Crippen LogP contribution in [0, 0.1) is 0 Å². The summed E-state index contributed by atoms with van der Waals surface area (Å²) in [4.78, 5) is 11.3. The van der Waals surface area contributed by atoms with Crippen LogP contribution in [0.2, 0.25) is 0 Å². The second-order valence-corrected chi connectivity index (χ2v) is 6.09. The monoisotopic (exact) mass is 329 g/mol. The Morgan fingerprint density at radius 3 is 2.83 bits per heavy atom. The number of aromatic nitrogens is 1. The van der Waals surface area contributed by atoms with E-state index in [0.717, 1.165) is 35.9 Å². The molecule has 128 valence electrons. The predicted octanol–water partition coefficient (Wildman–Crippen LogP) is 3.37. The van der Waals surface area contributed by atoms with E-state index < -0.39 is 5.79 Å². The fourth-order valence-electron chi connectivity index (χ4n) is 3.09. The largest absolute Gasteiger partial charge is 0.466 e. The first-order valence-corrected chi connectivity index (χ1v) is 8.23. The highest BCUT2D eigenvalue weighted by atomic mass is 16.7. The summed E-state index contributed by atoms with van der Waals surface area (Å²) in [7, 11) is 1.38. The van der Waals surface area contributed by atoms with Gasteiger partial charge >= 0.3 is 5.97 Å². The van der Waals surface area contributed by atoms with E-state index in [1.807, 2.05) is 19.1 Å². The first kappa shape index (κ1) is 16.7. The molecule has 1 aromatic carbocycles. The molecule has 5 heteroatoms. The third kappa shape index (κ3) is 3.68. The number of nitrogens with zero attached hydrogens (tertiary/aromatic N) is 1. The molecule has 1 saturated heterocycles. The number of para-hydroxylation sites is 1. The zero-order valence-electron chi connectivity index (χ0n) is 14.2. The van der Waals surface area contributed by atoms with Crippen LogP contribution >= 0.6 is 0 Å². The van der Waals surface area contributed by atoms with Crippen LogP contribution in [0.1, 0.15) is 25.3 Å². The van der Waals surface area contributed by atoms with E-state index in [2.05, 4.69) is 27.6 Å². The zero-order chi connectivity index (χ0) is 17.0. The summed E-state index contributed by atoms with van der Waals surface area (Å²) < 4.78 is 18.2. The third-order valence-electron chi connectivity index (χ3n) is 4.35. The number of aryl methyl sites for hydroxylation is 1. The van der Waals surface area contributed by atoms with Gasteiger partial charge in [-0.05, 0) is 25.5 Å². The SMILES string of the molecule is COC(=O)C=Cc1cn(CCCC2(C)OCCO2)c2ccccc12. The predicted molar refractivity (Wildman–Crippen MR) is 92.5 cm³/mol. The van der Waals surface area contributed by atoms with Crippen molar-refractivity contribution in [2.75, 3.05) is 20.3 Å². The maximum atomic E-state index is 11.3.